The third-order valence-corrected chi connectivity index (χ3v) is 3.56. The highest BCUT2D eigenvalue weighted by atomic mass is 16.5. The number of carbonyl (C=O) groups is 1. The summed E-state index contributed by atoms with van der Waals surface area (Å²) in [7, 11) is 1.38. The van der Waals surface area contributed by atoms with E-state index in [0.29, 0.717) is 12.8 Å². The molecule has 0 aliphatic carbocycles. The van der Waals surface area contributed by atoms with Gasteiger partial charge in [-0.2, -0.15) is 0 Å². The van der Waals surface area contributed by atoms with Gasteiger partial charge in [-0.15, -0.1) is 0 Å². The van der Waals surface area contributed by atoms with E-state index < -0.39 is 6.10 Å². The number of aliphatic hydroxyl groups excluding tert-OH is 1. The molecule has 0 amide bonds. The van der Waals surface area contributed by atoms with Crippen LogP contribution >= 0.6 is 0 Å². The van der Waals surface area contributed by atoms with E-state index in [9.17, 15) is 9.90 Å². The molecule has 2 N–H and O–H groups in total. The SMILES string of the molecule is COC(=O)CCC(NC(C)C)C(O)c1ccc(C)cc1C. The van der Waals surface area contributed by atoms with Gasteiger partial charge in [0.25, 0.3) is 0 Å². The molecule has 0 saturated heterocycles. The zero-order valence-electron chi connectivity index (χ0n) is 13.6. The van der Waals surface area contributed by atoms with Crippen LogP contribution in [0.15, 0.2) is 18.2 Å². The van der Waals surface area contributed by atoms with Gasteiger partial charge in [0.05, 0.1) is 13.2 Å². The molecule has 1 aromatic rings. The zero-order chi connectivity index (χ0) is 16.0. The van der Waals surface area contributed by atoms with Crippen molar-refractivity contribution in [2.45, 2.75) is 58.7 Å². The van der Waals surface area contributed by atoms with E-state index in [1.807, 2.05) is 39.8 Å². The lowest BCUT2D eigenvalue weighted by Gasteiger charge is -2.27. The van der Waals surface area contributed by atoms with Crippen LogP contribution < -0.4 is 5.32 Å². The van der Waals surface area contributed by atoms with Crippen molar-refractivity contribution in [3.63, 3.8) is 0 Å². The van der Waals surface area contributed by atoms with Gasteiger partial charge >= 0.3 is 5.97 Å². The van der Waals surface area contributed by atoms with E-state index in [0.717, 1.165) is 11.1 Å². The van der Waals surface area contributed by atoms with Crippen LogP contribution in [0.25, 0.3) is 0 Å². The molecule has 2 atom stereocenters. The number of esters is 1. The van der Waals surface area contributed by atoms with Gasteiger partial charge < -0.3 is 15.2 Å². The van der Waals surface area contributed by atoms with Gasteiger partial charge in [0.15, 0.2) is 0 Å². The lowest BCUT2D eigenvalue weighted by atomic mass is 9.93. The molecular weight excluding hydrogens is 266 g/mol. The fraction of sp³-hybridized carbons (Fsp3) is 0.588. The highest BCUT2D eigenvalue weighted by Crippen LogP contribution is 2.24. The summed E-state index contributed by atoms with van der Waals surface area (Å²) in [5.74, 6) is -0.251. The zero-order valence-corrected chi connectivity index (χ0v) is 13.6. The fourth-order valence-electron chi connectivity index (χ4n) is 2.51. The lowest BCUT2D eigenvalue weighted by Crippen LogP contribution is -2.40. The van der Waals surface area contributed by atoms with Crippen LogP contribution in [0.3, 0.4) is 0 Å². The highest BCUT2D eigenvalue weighted by molar-refractivity contribution is 5.69. The Labute approximate surface area is 127 Å². The summed E-state index contributed by atoms with van der Waals surface area (Å²) in [6.45, 7) is 8.09. The van der Waals surface area contributed by atoms with Crippen molar-refractivity contribution < 1.29 is 14.6 Å². The van der Waals surface area contributed by atoms with Crippen molar-refractivity contribution in [1.82, 2.24) is 5.32 Å². The second-order valence-electron chi connectivity index (χ2n) is 5.85. The maximum Gasteiger partial charge on any atom is 0.305 e. The van der Waals surface area contributed by atoms with Crippen LogP contribution in [0.5, 0.6) is 0 Å². The van der Waals surface area contributed by atoms with Gasteiger partial charge in [0.1, 0.15) is 0 Å². The van der Waals surface area contributed by atoms with E-state index in [1.54, 1.807) is 0 Å². The molecule has 1 rings (SSSR count). The number of benzene rings is 1. The van der Waals surface area contributed by atoms with Crippen LogP contribution in [0, 0.1) is 13.8 Å². The van der Waals surface area contributed by atoms with Crippen LogP contribution in [-0.4, -0.2) is 30.3 Å². The van der Waals surface area contributed by atoms with Crippen LogP contribution in [0.1, 0.15) is 49.5 Å². The minimum Gasteiger partial charge on any atom is -0.469 e. The van der Waals surface area contributed by atoms with Crippen molar-refractivity contribution in [2.75, 3.05) is 7.11 Å². The Hall–Kier alpha value is -1.39. The van der Waals surface area contributed by atoms with Crippen LogP contribution in [0.2, 0.25) is 0 Å². The minimum atomic E-state index is -0.641. The first-order valence-electron chi connectivity index (χ1n) is 7.43. The number of ether oxygens (including phenoxy) is 1. The summed E-state index contributed by atoms with van der Waals surface area (Å²) >= 11 is 0. The van der Waals surface area contributed by atoms with Crippen LogP contribution in [-0.2, 0) is 9.53 Å². The number of aliphatic hydroxyl groups is 1. The summed E-state index contributed by atoms with van der Waals surface area (Å²) in [6.07, 6.45) is 0.194. The molecule has 4 nitrogen and oxygen atoms in total. The molecule has 0 aliphatic heterocycles. The Morgan fingerprint density at radius 2 is 2.00 bits per heavy atom. The normalized spacial score (nSPS) is 14.0. The summed E-state index contributed by atoms with van der Waals surface area (Å²) in [5, 5.41) is 14.0. The molecule has 2 unspecified atom stereocenters. The molecule has 0 fully saturated rings. The minimum absolute atomic E-state index is 0.175. The van der Waals surface area contributed by atoms with Gasteiger partial charge in [-0.05, 0) is 31.4 Å². The van der Waals surface area contributed by atoms with Gasteiger partial charge in [0.2, 0.25) is 0 Å². The molecule has 118 valence electrons. The molecule has 0 heterocycles. The molecule has 0 spiro atoms. The summed E-state index contributed by atoms with van der Waals surface area (Å²) in [5.41, 5.74) is 3.14. The van der Waals surface area contributed by atoms with Crippen molar-refractivity contribution in [3.8, 4) is 0 Å². The molecule has 4 heteroatoms. The Morgan fingerprint density at radius 3 is 2.52 bits per heavy atom. The smallest absolute Gasteiger partial charge is 0.305 e. The molecule has 0 bridgehead atoms. The molecule has 0 aliphatic rings. The van der Waals surface area contributed by atoms with E-state index in [2.05, 4.69) is 16.1 Å². The fourth-order valence-corrected chi connectivity index (χ4v) is 2.51. The first-order valence-corrected chi connectivity index (χ1v) is 7.43. The summed E-state index contributed by atoms with van der Waals surface area (Å²) in [6, 6.07) is 6.07. The maximum absolute atomic E-state index is 11.3. The molecular formula is C17H27NO3. The third-order valence-electron chi connectivity index (χ3n) is 3.56. The number of aryl methyl sites for hydroxylation is 2. The number of hydrogen-bond donors (Lipinski definition) is 2. The van der Waals surface area contributed by atoms with Crippen molar-refractivity contribution in [1.29, 1.82) is 0 Å². The number of nitrogens with one attached hydrogen (secondary N) is 1. The van der Waals surface area contributed by atoms with E-state index in [1.165, 1.54) is 12.7 Å². The summed E-state index contributed by atoms with van der Waals surface area (Å²) < 4.78 is 4.68. The second-order valence-corrected chi connectivity index (χ2v) is 5.85. The Kier molecular flexibility index (Phi) is 6.85. The first kappa shape index (κ1) is 17.7. The molecule has 21 heavy (non-hydrogen) atoms. The number of hydrogen-bond acceptors (Lipinski definition) is 4. The standard InChI is InChI=1S/C17H27NO3/c1-11(2)18-15(8-9-16(19)21-5)17(20)14-7-6-12(3)10-13(14)4/h6-7,10-11,15,17-18,20H,8-9H2,1-5H3. The quantitative estimate of drug-likeness (QED) is 0.759. The number of carbonyl (C=O) groups excluding carboxylic acids is 1. The molecule has 0 saturated carbocycles. The molecule has 1 aromatic carbocycles. The van der Waals surface area contributed by atoms with Crippen LogP contribution in [0.4, 0.5) is 0 Å². The average molecular weight is 293 g/mol. The monoisotopic (exact) mass is 293 g/mol. The highest BCUT2D eigenvalue weighted by Gasteiger charge is 2.23. The predicted molar refractivity (Wildman–Crippen MR) is 84.2 cm³/mol. The topological polar surface area (TPSA) is 58.6 Å². The average Bonchev–Trinajstić information content (AvgIpc) is 2.42. The largest absolute Gasteiger partial charge is 0.469 e. The first-order chi connectivity index (χ1) is 9.85. The second kappa shape index (κ2) is 8.15. The molecule has 0 radical (unpaired) electrons. The van der Waals surface area contributed by atoms with Gasteiger partial charge in [-0.3, -0.25) is 4.79 Å². The lowest BCUT2D eigenvalue weighted by molar-refractivity contribution is -0.141. The third kappa shape index (κ3) is 5.48. The van der Waals surface area contributed by atoms with E-state index >= 15 is 0 Å². The van der Waals surface area contributed by atoms with Gasteiger partial charge in [-0.1, -0.05) is 37.6 Å². The number of rotatable bonds is 7. The predicted octanol–water partition coefficient (Wildman–Crippen LogP) is 2.66. The Morgan fingerprint density at radius 1 is 1.33 bits per heavy atom. The molecule has 0 aromatic heterocycles. The Bertz CT molecular complexity index is 471. The number of methoxy groups -OCH3 is 1. The Balaban J connectivity index is 2.87. The van der Waals surface area contributed by atoms with Crippen molar-refractivity contribution >= 4 is 5.97 Å². The van der Waals surface area contributed by atoms with E-state index in [4.69, 9.17) is 0 Å². The van der Waals surface area contributed by atoms with Gasteiger partial charge in [0, 0.05) is 18.5 Å². The maximum atomic E-state index is 11.3. The van der Waals surface area contributed by atoms with Crippen molar-refractivity contribution in [2.24, 2.45) is 0 Å². The summed E-state index contributed by atoms with van der Waals surface area (Å²) in [4.78, 5) is 11.3. The van der Waals surface area contributed by atoms with Gasteiger partial charge in [-0.25, -0.2) is 0 Å². The van der Waals surface area contributed by atoms with E-state index in [-0.39, 0.29) is 18.1 Å². The van der Waals surface area contributed by atoms with Crippen molar-refractivity contribution in [3.05, 3.63) is 34.9 Å².